The molecule has 7 atom stereocenters. The maximum absolute atomic E-state index is 14.5. The summed E-state index contributed by atoms with van der Waals surface area (Å²) in [6.07, 6.45) is 10.1. The number of anilines is 1. The van der Waals surface area contributed by atoms with Gasteiger partial charge >= 0.3 is 0 Å². The summed E-state index contributed by atoms with van der Waals surface area (Å²) >= 11 is 6.40. The third kappa shape index (κ3) is 8.44. The molecule has 1 unspecified atom stereocenters. The van der Waals surface area contributed by atoms with Crippen LogP contribution in [0.15, 0.2) is 48.6 Å². The standard InChI is InChI=1S/C41H56ClFN4O5S/c1-28-7-6-16-41(51-3,27-45-19-20-46-18-15-35(43)23-36(46)25-45)37-13-10-32(37)24-47-17-5-4-8-30-21-34(42)12-9-33(30)26-52-39-14-11-31(22-38(39)47)40(48)44-53(49,50)29(28)2/h6,9,11-12,14,16,21-22,28-29,32,35-37H,4-5,7-8,10,13,15,17-20,23-27H2,1-3H3,(H,44,48)/b16-6+/t28-,29+,32-,35+,36-,37+,41?/m0/s1. The van der Waals surface area contributed by atoms with Crippen LogP contribution >= 0.6 is 11.6 Å². The average Bonchev–Trinajstić information content (AvgIpc) is 3.15. The summed E-state index contributed by atoms with van der Waals surface area (Å²) in [5.41, 5.74) is 2.72. The molecule has 53 heavy (non-hydrogen) atoms. The Morgan fingerprint density at radius 1 is 1.02 bits per heavy atom. The van der Waals surface area contributed by atoms with E-state index in [-0.39, 0.29) is 23.4 Å². The Hall–Kier alpha value is -2.70. The fourth-order valence-corrected chi connectivity index (χ4v) is 10.8. The number of fused-ring (bicyclic) bond motifs is 4. The molecule has 290 valence electrons. The largest absolute Gasteiger partial charge is 0.487 e. The van der Waals surface area contributed by atoms with Gasteiger partial charge in [0.25, 0.3) is 5.91 Å². The zero-order valence-electron chi connectivity index (χ0n) is 31.4. The lowest BCUT2D eigenvalue weighted by molar-refractivity contribution is -0.101. The maximum Gasteiger partial charge on any atom is 0.264 e. The van der Waals surface area contributed by atoms with Gasteiger partial charge in [-0.25, -0.2) is 17.5 Å². The van der Waals surface area contributed by atoms with E-state index < -0.39 is 33.0 Å². The van der Waals surface area contributed by atoms with Gasteiger partial charge in [-0.1, -0.05) is 36.7 Å². The number of piperidine rings is 1. The second-order valence-corrected chi connectivity index (χ2v) is 18.7. The number of nitrogens with zero attached hydrogens (tertiary/aromatic N) is 3. The highest BCUT2D eigenvalue weighted by Gasteiger charge is 2.49. The Morgan fingerprint density at radius 2 is 1.87 bits per heavy atom. The smallest absolute Gasteiger partial charge is 0.264 e. The quantitative estimate of drug-likeness (QED) is 0.348. The number of hydrogen-bond acceptors (Lipinski definition) is 8. The second-order valence-electron chi connectivity index (χ2n) is 16.2. The van der Waals surface area contributed by atoms with Gasteiger partial charge in [-0.05, 0) is 118 Å². The lowest BCUT2D eigenvalue weighted by Gasteiger charge is -2.53. The number of carbonyl (C=O) groups is 1. The van der Waals surface area contributed by atoms with Crippen molar-refractivity contribution in [3.8, 4) is 5.75 Å². The summed E-state index contributed by atoms with van der Waals surface area (Å²) in [7, 11) is -2.17. The molecular weight excluding hydrogens is 715 g/mol. The molecule has 2 bridgehead atoms. The van der Waals surface area contributed by atoms with Crippen molar-refractivity contribution in [1.82, 2.24) is 14.5 Å². The fraction of sp³-hybridized carbons (Fsp3) is 0.634. The molecular formula is C41H56ClFN4O5S. The van der Waals surface area contributed by atoms with E-state index in [9.17, 15) is 17.6 Å². The molecule has 7 rings (SSSR count). The Morgan fingerprint density at radius 3 is 2.66 bits per heavy atom. The van der Waals surface area contributed by atoms with Crippen LogP contribution in [0.4, 0.5) is 10.1 Å². The highest BCUT2D eigenvalue weighted by atomic mass is 35.5. The molecule has 1 amide bonds. The first-order valence-electron chi connectivity index (χ1n) is 19.6. The van der Waals surface area contributed by atoms with Crippen molar-refractivity contribution in [2.45, 2.75) is 94.9 Å². The van der Waals surface area contributed by atoms with Crippen molar-refractivity contribution in [1.29, 1.82) is 0 Å². The number of halogens is 2. The van der Waals surface area contributed by atoms with Gasteiger partial charge in [0.05, 0.1) is 10.9 Å². The van der Waals surface area contributed by atoms with Crippen LogP contribution in [0.3, 0.4) is 0 Å². The van der Waals surface area contributed by atoms with Gasteiger partial charge in [-0.15, -0.1) is 0 Å². The number of allylic oxidation sites excluding steroid dienone is 1. The normalized spacial score (nSPS) is 33.5. The first-order valence-corrected chi connectivity index (χ1v) is 21.6. The molecule has 1 aliphatic carbocycles. The van der Waals surface area contributed by atoms with Crippen LogP contribution in [-0.4, -0.2) is 100 Å². The van der Waals surface area contributed by atoms with E-state index in [0.717, 1.165) is 82.6 Å². The third-order valence-electron chi connectivity index (χ3n) is 13.0. The molecule has 4 heterocycles. The first-order chi connectivity index (χ1) is 25.4. The maximum atomic E-state index is 14.5. The van der Waals surface area contributed by atoms with Crippen LogP contribution in [0, 0.1) is 17.8 Å². The number of alkyl halides is 1. The van der Waals surface area contributed by atoms with E-state index in [1.54, 1.807) is 25.1 Å². The van der Waals surface area contributed by atoms with Crippen LogP contribution in [-0.2, 0) is 27.8 Å². The van der Waals surface area contributed by atoms with Gasteiger partial charge in [-0.3, -0.25) is 14.6 Å². The number of nitrogens with one attached hydrogen (secondary N) is 1. The molecule has 9 nitrogen and oxygen atoms in total. The molecule has 0 aromatic heterocycles. The van der Waals surface area contributed by atoms with Crippen LogP contribution in [0.25, 0.3) is 0 Å². The third-order valence-corrected chi connectivity index (χ3v) is 15.1. The van der Waals surface area contributed by atoms with Crippen molar-refractivity contribution < 1.29 is 27.1 Å². The van der Waals surface area contributed by atoms with Crippen molar-refractivity contribution in [2.75, 3.05) is 57.8 Å². The number of amides is 1. The van der Waals surface area contributed by atoms with Crippen LogP contribution < -0.4 is 14.4 Å². The van der Waals surface area contributed by atoms with Crippen molar-refractivity contribution >= 4 is 33.2 Å². The fourth-order valence-electron chi connectivity index (χ4n) is 9.32. The summed E-state index contributed by atoms with van der Waals surface area (Å²) in [6, 6.07) is 11.4. The van der Waals surface area contributed by atoms with E-state index >= 15 is 0 Å². The number of carbonyl (C=O) groups excluding carboxylic acids is 1. The lowest BCUT2D eigenvalue weighted by Crippen LogP contribution is -2.61. The van der Waals surface area contributed by atoms with Gasteiger partial charge in [-0.2, -0.15) is 0 Å². The van der Waals surface area contributed by atoms with E-state index in [4.69, 9.17) is 21.1 Å². The molecule has 2 aromatic rings. The monoisotopic (exact) mass is 770 g/mol. The van der Waals surface area contributed by atoms with E-state index in [2.05, 4.69) is 31.6 Å². The topological polar surface area (TPSA) is 91.4 Å². The Labute approximate surface area is 320 Å². The molecule has 4 aliphatic heterocycles. The SMILES string of the molecule is COC1(CN2CCN3CC[C@@H](F)C[C@H]3C2)/C=C/C[C@H](C)[C@@H](C)S(=O)(=O)NC(=O)c2ccc3c(c2)N(CCCCc2cc(Cl)ccc2CO3)C[C@@H]2CC[C@H]21. The number of hydrogen-bond donors (Lipinski definition) is 1. The Bertz CT molecular complexity index is 1780. The van der Waals surface area contributed by atoms with E-state index in [1.165, 1.54) is 5.56 Å². The minimum absolute atomic E-state index is 0.209. The molecule has 2 saturated heterocycles. The second kappa shape index (κ2) is 16.2. The molecule has 0 radical (unpaired) electrons. The molecule has 2 aromatic carbocycles. The van der Waals surface area contributed by atoms with Crippen molar-refractivity contribution in [2.24, 2.45) is 17.8 Å². The molecule has 1 N–H and O–H groups in total. The minimum Gasteiger partial charge on any atom is -0.487 e. The van der Waals surface area contributed by atoms with Gasteiger partial charge in [0.1, 0.15) is 24.1 Å². The summed E-state index contributed by atoms with van der Waals surface area (Å²) in [5, 5.41) is -0.1000. The van der Waals surface area contributed by atoms with Gasteiger partial charge in [0.2, 0.25) is 10.0 Å². The zero-order valence-corrected chi connectivity index (χ0v) is 33.0. The number of sulfonamides is 1. The lowest BCUT2D eigenvalue weighted by atomic mass is 9.63. The molecule has 0 spiro atoms. The van der Waals surface area contributed by atoms with Gasteiger partial charge in [0, 0.05) is 69.6 Å². The van der Waals surface area contributed by atoms with Crippen LogP contribution in [0.5, 0.6) is 5.75 Å². The predicted octanol–water partition coefficient (Wildman–Crippen LogP) is 6.64. The number of piperazine rings is 1. The van der Waals surface area contributed by atoms with Crippen molar-refractivity contribution in [3.05, 3.63) is 70.3 Å². The van der Waals surface area contributed by atoms with Crippen molar-refractivity contribution in [3.63, 3.8) is 0 Å². The van der Waals surface area contributed by atoms with Crippen LogP contribution in [0.1, 0.15) is 80.3 Å². The van der Waals surface area contributed by atoms with E-state index in [0.29, 0.717) is 49.1 Å². The summed E-state index contributed by atoms with van der Waals surface area (Å²) in [5.74, 6) is 0.285. The predicted molar refractivity (Wildman–Crippen MR) is 208 cm³/mol. The average molecular weight is 771 g/mol. The minimum atomic E-state index is -3.98. The molecule has 12 heteroatoms. The summed E-state index contributed by atoms with van der Waals surface area (Å²) < 4.78 is 57.3. The Balaban J connectivity index is 1.24. The van der Waals surface area contributed by atoms with E-state index in [1.807, 2.05) is 32.2 Å². The number of methoxy groups -OCH3 is 1. The highest BCUT2D eigenvalue weighted by molar-refractivity contribution is 7.90. The van der Waals surface area contributed by atoms with Gasteiger partial charge in [0.15, 0.2) is 0 Å². The molecule has 5 aliphatic rings. The first kappa shape index (κ1) is 38.6. The Kier molecular flexibility index (Phi) is 11.8. The highest BCUT2D eigenvalue weighted by Crippen LogP contribution is 2.47. The molecule has 1 saturated carbocycles. The zero-order chi connectivity index (χ0) is 37.3. The summed E-state index contributed by atoms with van der Waals surface area (Å²) in [4.78, 5) is 20.9. The molecule has 3 fully saturated rings. The summed E-state index contributed by atoms with van der Waals surface area (Å²) in [6.45, 7) is 9.59. The number of rotatable bonds is 3. The number of aryl methyl sites for hydroxylation is 1. The van der Waals surface area contributed by atoms with Gasteiger partial charge < -0.3 is 14.4 Å². The number of benzene rings is 2. The number of ether oxygens (including phenoxy) is 2. The van der Waals surface area contributed by atoms with Crippen LogP contribution in [0.2, 0.25) is 5.02 Å².